The minimum Gasteiger partial charge on any atom is -0.351 e. The molecule has 5 heteroatoms. The van der Waals surface area contributed by atoms with Crippen LogP contribution in [0.1, 0.15) is 17.5 Å². The molecule has 11 heavy (non-hydrogen) atoms. The van der Waals surface area contributed by atoms with E-state index in [1.807, 2.05) is 0 Å². The lowest BCUT2D eigenvalue weighted by atomic mass is 10.4. The topological polar surface area (TPSA) is 64.4 Å². The third-order valence-electron chi connectivity index (χ3n) is 0.971. The number of hydroxylamine groups is 1. The summed E-state index contributed by atoms with van der Waals surface area (Å²) in [6, 6.07) is 1.45. The summed E-state index contributed by atoms with van der Waals surface area (Å²) < 4.78 is 4.55. The van der Waals surface area contributed by atoms with Gasteiger partial charge in [-0.25, -0.2) is 5.48 Å². The summed E-state index contributed by atoms with van der Waals surface area (Å²) in [4.78, 5) is 15.5. The van der Waals surface area contributed by atoms with Gasteiger partial charge < -0.3 is 4.52 Å². The summed E-state index contributed by atoms with van der Waals surface area (Å²) in [6.45, 7) is 2.18. The highest BCUT2D eigenvalue weighted by Gasteiger charge is 2.07. The summed E-state index contributed by atoms with van der Waals surface area (Å²) in [5.41, 5.74) is 2.16. The van der Waals surface area contributed by atoms with Gasteiger partial charge in [0.25, 0.3) is 0 Å². The van der Waals surface area contributed by atoms with Gasteiger partial charge in [0.15, 0.2) is 0 Å². The highest BCUT2D eigenvalue weighted by atomic mass is 16.7. The lowest BCUT2D eigenvalue weighted by Gasteiger charge is -1.98. The van der Waals surface area contributed by atoms with E-state index in [1.54, 1.807) is 6.92 Å². The number of amides is 1. The third-order valence-corrected chi connectivity index (χ3v) is 0.971. The van der Waals surface area contributed by atoms with Crippen molar-refractivity contribution in [2.45, 2.75) is 6.92 Å². The molecule has 0 bridgehead atoms. The summed E-state index contributed by atoms with van der Waals surface area (Å²) in [7, 11) is 0. The number of rotatable bonds is 3. The lowest BCUT2D eigenvalue weighted by Crippen LogP contribution is -2.22. The number of hydrogen-bond acceptors (Lipinski definition) is 4. The van der Waals surface area contributed by atoms with Gasteiger partial charge in [-0.3, -0.25) is 9.63 Å². The van der Waals surface area contributed by atoms with E-state index in [2.05, 4.69) is 20.0 Å². The van der Waals surface area contributed by atoms with Gasteiger partial charge in [-0.2, -0.15) is 0 Å². The number of aromatic nitrogens is 1. The minimum absolute atomic E-state index is 0.137. The molecular formula is C6H8N2O3. The number of nitrogens with one attached hydrogen (secondary N) is 1. The highest BCUT2D eigenvalue weighted by molar-refractivity contribution is 5.90. The molecule has 1 heterocycles. The molecular weight excluding hydrogens is 148 g/mol. The molecule has 1 amide bonds. The molecule has 0 aliphatic carbocycles. The van der Waals surface area contributed by atoms with Crippen molar-refractivity contribution >= 4 is 5.91 Å². The molecule has 1 aromatic heterocycles. The fraction of sp³-hybridized carbons (Fsp3) is 0.333. The van der Waals surface area contributed by atoms with E-state index in [0.717, 1.165) is 0 Å². The van der Waals surface area contributed by atoms with E-state index in [-0.39, 0.29) is 5.76 Å². The van der Waals surface area contributed by atoms with Crippen molar-refractivity contribution in [3.63, 3.8) is 0 Å². The summed E-state index contributed by atoms with van der Waals surface area (Å²) >= 11 is 0. The number of hydrogen-bond donors (Lipinski definition) is 1. The Hall–Kier alpha value is -1.36. The molecule has 0 atom stereocenters. The first-order valence-electron chi connectivity index (χ1n) is 3.17. The Morgan fingerprint density at radius 3 is 3.27 bits per heavy atom. The smallest absolute Gasteiger partial charge is 0.313 e. The van der Waals surface area contributed by atoms with Crippen molar-refractivity contribution < 1.29 is 14.2 Å². The van der Waals surface area contributed by atoms with Crippen molar-refractivity contribution in [2.75, 3.05) is 6.61 Å². The first-order valence-corrected chi connectivity index (χ1v) is 3.17. The normalized spacial score (nSPS) is 9.55. The molecule has 0 radical (unpaired) electrons. The molecule has 60 valence electrons. The standard InChI is InChI=1S/C6H8N2O3/c1-2-10-8-6(9)5-3-4-7-11-5/h3-4H,2H2,1H3,(H,8,9). The van der Waals surface area contributed by atoms with Crippen LogP contribution in [-0.4, -0.2) is 17.7 Å². The quantitative estimate of drug-likeness (QED) is 0.641. The Morgan fingerprint density at radius 1 is 1.91 bits per heavy atom. The van der Waals surface area contributed by atoms with Crippen molar-refractivity contribution in [3.8, 4) is 0 Å². The van der Waals surface area contributed by atoms with E-state index in [0.29, 0.717) is 6.61 Å². The van der Waals surface area contributed by atoms with Gasteiger partial charge in [-0.15, -0.1) is 0 Å². The first kappa shape index (κ1) is 7.74. The predicted octanol–water partition coefficient (Wildman–Crippen LogP) is 0.356. The van der Waals surface area contributed by atoms with E-state index in [1.165, 1.54) is 12.3 Å². The summed E-state index contributed by atoms with van der Waals surface area (Å²) in [5, 5.41) is 3.36. The molecule has 0 fully saturated rings. The zero-order valence-electron chi connectivity index (χ0n) is 6.03. The van der Waals surface area contributed by atoms with Gasteiger partial charge in [0.2, 0.25) is 5.76 Å². The molecule has 1 aromatic rings. The number of nitrogens with zero attached hydrogens (tertiary/aromatic N) is 1. The molecule has 0 aliphatic rings. The second-order valence-electron chi connectivity index (χ2n) is 1.74. The Labute approximate surface area is 63.3 Å². The van der Waals surface area contributed by atoms with Crippen molar-refractivity contribution in [2.24, 2.45) is 0 Å². The van der Waals surface area contributed by atoms with E-state index in [4.69, 9.17) is 0 Å². The highest BCUT2D eigenvalue weighted by Crippen LogP contribution is 1.94. The van der Waals surface area contributed by atoms with Crippen LogP contribution in [-0.2, 0) is 4.84 Å². The van der Waals surface area contributed by atoms with Gasteiger partial charge >= 0.3 is 5.91 Å². The van der Waals surface area contributed by atoms with Crippen LogP contribution in [0.25, 0.3) is 0 Å². The largest absolute Gasteiger partial charge is 0.351 e. The molecule has 1 N–H and O–H groups in total. The van der Waals surface area contributed by atoms with Gasteiger partial charge in [0.05, 0.1) is 12.8 Å². The molecule has 5 nitrogen and oxygen atoms in total. The Balaban J connectivity index is 2.43. The van der Waals surface area contributed by atoms with Gasteiger partial charge in [0.1, 0.15) is 0 Å². The average Bonchev–Trinajstić information content (AvgIpc) is 2.52. The zero-order chi connectivity index (χ0) is 8.10. The molecule has 0 saturated carbocycles. The lowest BCUT2D eigenvalue weighted by molar-refractivity contribution is 0.0334. The van der Waals surface area contributed by atoms with Crippen LogP contribution in [0.4, 0.5) is 0 Å². The van der Waals surface area contributed by atoms with Crippen molar-refractivity contribution in [1.29, 1.82) is 0 Å². The van der Waals surface area contributed by atoms with Gasteiger partial charge in [0, 0.05) is 6.07 Å². The molecule has 0 spiro atoms. The van der Waals surface area contributed by atoms with Crippen LogP contribution in [0.3, 0.4) is 0 Å². The van der Waals surface area contributed by atoms with Crippen LogP contribution in [0.2, 0.25) is 0 Å². The average molecular weight is 156 g/mol. The maximum absolute atomic E-state index is 10.9. The van der Waals surface area contributed by atoms with Crippen LogP contribution in [0.15, 0.2) is 16.8 Å². The fourth-order valence-corrected chi connectivity index (χ4v) is 0.521. The maximum Gasteiger partial charge on any atom is 0.313 e. The van der Waals surface area contributed by atoms with Crippen LogP contribution < -0.4 is 5.48 Å². The van der Waals surface area contributed by atoms with E-state index in [9.17, 15) is 4.79 Å². The first-order chi connectivity index (χ1) is 5.34. The second kappa shape index (κ2) is 3.72. The number of carbonyl (C=O) groups is 1. The van der Waals surface area contributed by atoms with Crippen molar-refractivity contribution in [3.05, 3.63) is 18.0 Å². The summed E-state index contributed by atoms with van der Waals surface area (Å²) in [6.07, 6.45) is 1.39. The SMILES string of the molecule is CCONC(=O)c1ccno1. The van der Waals surface area contributed by atoms with Crippen LogP contribution in [0.5, 0.6) is 0 Å². The molecule has 0 aromatic carbocycles. The number of carbonyl (C=O) groups excluding carboxylic acids is 1. The van der Waals surface area contributed by atoms with E-state index < -0.39 is 5.91 Å². The van der Waals surface area contributed by atoms with Gasteiger partial charge in [-0.05, 0) is 6.92 Å². The maximum atomic E-state index is 10.9. The van der Waals surface area contributed by atoms with Crippen LogP contribution >= 0.6 is 0 Å². The monoisotopic (exact) mass is 156 g/mol. The molecule has 0 aliphatic heterocycles. The van der Waals surface area contributed by atoms with E-state index >= 15 is 0 Å². The van der Waals surface area contributed by atoms with Gasteiger partial charge in [-0.1, -0.05) is 5.16 Å². The molecule has 1 rings (SSSR count). The Bertz CT molecular complexity index is 220. The van der Waals surface area contributed by atoms with Crippen LogP contribution in [0, 0.1) is 0 Å². The predicted molar refractivity (Wildman–Crippen MR) is 35.6 cm³/mol. The molecule has 0 unspecified atom stereocenters. The molecule has 0 saturated heterocycles. The fourth-order valence-electron chi connectivity index (χ4n) is 0.521. The van der Waals surface area contributed by atoms with Crippen molar-refractivity contribution in [1.82, 2.24) is 10.6 Å². The minimum atomic E-state index is -0.427. The third kappa shape index (κ3) is 2.05. The Morgan fingerprint density at radius 2 is 2.73 bits per heavy atom. The Kier molecular flexibility index (Phi) is 2.62. The second-order valence-corrected chi connectivity index (χ2v) is 1.74. The zero-order valence-corrected chi connectivity index (χ0v) is 6.03. The summed E-state index contributed by atoms with van der Waals surface area (Å²) in [5.74, 6) is -0.289.